The summed E-state index contributed by atoms with van der Waals surface area (Å²) in [6.07, 6.45) is 2.99. The number of hydrogen-bond donors (Lipinski definition) is 1. The van der Waals surface area contributed by atoms with Gasteiger partial charge in [0.05, 0.1) is 0 Å². The second kappa shape index (κ2) is 8.55. The topological polar surface area (TPSA) is 15.3 Å². The van der Waals surface area contributed by atoms with E-state index in [2.05, 4.69) is 17.1 Å². The van der Waals surface area contributed by atoms with E-state index in [4.69, 9.17) is 0 Å². The van der Waals surface area contributed by atoms with Crippen molar-refractivity contribution in [3.63, 3.8) is 0 Å². The molecular formula is C15H23ClF2N2. The van der Waals surface area contributed by atoms with Gasteiger partial charge in [-0.15, -0.1) is 12.4 Å². The van der Waals surface area contributed by atoms with Gasteiger partial charge >= 0.3 is 0 Å². The molecule has 1 aromatic rings. The number of unbranched alkanes of at least 4 members (excludes halogenated alkanes) is 1. The van der Waals surface area contributed by atoms with E-state index in [-0.39, 0.29) is 30.1 Å². The van der Waals surface area contributed by atoms with Gasteiger partial charge < -0.3 is 5.32 Å². The Labute approximate surface area is 126 Å². The molecule has 0 radical (unpaired) electrons. The predicted molar refractivity (Wildman–Crippen MR) is 80.3 cm³/mol. The van der Waals surface area contributed by atoms with Crippen LogP contribution in [0.3, 0.4) is 0 Å². The molecule has 2 rings (SSSR count). The zero-order valence-corrected chi connectivity index (χ0v) is 12.7. The van der Waals surface area contributed by atoms with Gasteiger partial charge in [-0.25, -0.2) is 8.78 Å². The van der Waals surface area contributed by atoms with Crippen molar-refractivity contribution in [1.29, 1.82) is 0 Å². The lowest BCUT2D eigenvalue weighted by Crippen LogP contribution is -2.45. The third-order valence-corrected chi connectivity index (χ3v) is 3.74. The predicted octanol–water partition coefficient (Wildman–Crippen LogP) is 3.52. The number of rotatable bonds is 5. The average Bonchev–Trinajstić information content (AvgIpc) is 2.44. The molecule has 2 nitrogen and oxygen atoms in total. The van der Waals surface area contributed by atoms with Gasteiger partial charge in [-0.1, -0.05) is 19.8 Å². The zero-order valence-electron chi connectivity index (χ0n) is 11.9. The van der Waals surface area contributed by atoms with Crippen LogP contribution >= 0.6 is 12.4 Å². The molecule has 0 unspecified atom stereocenters. The van der Waals surface area contributed by atoms with Crippen LogP contribution in [0.2, 0.25) is 0 Å². The minimum atomic E-state index is -0.354. The molecule has 1 aliphatic heterocycles. The maximum Gasteiger partial charge on any atom is 0.128 e. The smallest absolute Gasteiger partial charge is 0.128 e. The molecule has 0 spiro atoms. The fraction of sp³-hybridized carbons (Fsp3) is 0.600. The van der Waals surface area contributed by atoms with Gasteiger partial charge in [-0.05, 0) is 24.6 Å². The lowest BCUT2D eigenvalue weighted by Gasteiger charge is -2.35. The van der Waals surface area contributed by atoms with Crippen molar-refractivity contribution in [1.82, 2.24) is 10.2 Å². The van der Waals surface area contributed by atoms with Crippen LogP contribution in [0.4, 0.5) is 8.78 Å². The monoisotopic (exact) mass is 304 g/mol. The van der Waals surface area contributed by atoms with Gasteiger partial charge in [0.15, 0.2) is 0 Å². The van der Waals surface area contributed by atoms with Crippen molar-refractivity contribution in [3.8, 4) is 0 Å². The minimum Gasteiger partial charge on any atom is -0.314 e. The Kier molecular flexibility index (Phi) is 7.41. The van der Waals surface area contributed by atoms with Gasteiger partial charge in [0.25, 0.3) is 0 Å². The first-order valence-corrected chi connectivity index (χ1v) is 7.12. The van der Waals surface area contributed by atoms with Crippen molar-refractivity contribution < 1.29 is 8.78 Å². The van der Waals surface area contributed by atoms with E-state index in [0.717, 1.165) is 45.4 Å². The second-order valence-corrected chi connectivity index (χ2v) is 5.11. The van der Waals surface area contributed by atoms with Crippen molar-refractivity contribution in [2.45, 2.75) is 32.2 Å². The molecule has 1 saturated heterocycles. The quantitative estimate of drug-likeness (QED) is 0.895. The lowest BCUT2D eigenvalue weighted by molar-refractivity contribution is 0.160. The summed E-state index contributed by atoms with van der Waals surface area (Å²) in [6.45, 7) is 5.74. The number of piperazine rings is 1. The molecule has 1 heterocycles. The van der Waals surface area contributed by atoms with Crippen LogP contribution in [0.25, 0.3) is 0 Å². The number of hydrogen-bond acceptors (Lipinski definition) is 2. The van der Waals surface area contributed by atoms with Gasteiger partial charge in [-0.3, -0.25) is 4.90 Å². The van der Waals surface area contributed by atoms with Crippen LogP contribution in [-0.2, 0) is 0 Å². The first-order chi connectivity index (χ1) is 9.22. The maximum absolute atomic E-state index is 14.0. The van der Waals surface area contributed by atoms with E-state index < -0.39 is 0 Å². The lowest BCUT2D eigenvalue weighted by atomic mass is 9.98. The van der Waals surface area contributed by atoms with Gasteiger partial charge in [0.2, 0.25) is 0 Å². The summed E-state index contributed by atoms with van der Waals surface area (Å²) < 4.78 is 27.4. The normalized spacial score (nSPS) is 17.6. The molecule has 0 aliphatic carbocycles. The Balaban J connectivity index is 0.00000200. The SMILES string of the molecule is CCCC[C@@H](c1cc(F)ccc1F)N1CCNCC1.Cl. The molecule has 0 bridgehead atoms. The van der Waals surface area contributed by atoms with Crippen LogP contribution < -0.4 is 5.32 Å². The van der Waals surface area contributed by atoms with Crippen molar-refractivity contribution in [3.05, 3.63) is 35.4 Å². The first-order valence-electron chi connectivity index (χ1n) is 7.12. The third kappa shape index (κ3) is 4.40. The van der Waals surface area contributed by atoms with Crippen molar-refractivity contribution >= 4 is 12.4 Å². The molecule has 1 aliphatic rings. The highest BCUT2D eigenvalue weighted by molar-refractivity contribution is 5.85. The van der Waals surface area contributed by atoms with Gasteiger partial charge in [0, 0.05) is 37.8 Å². The van der Waals surface area contributed by atoms with E-state index in [9.17, 15) is 8.78 Å². The maximum atomic E-state index is 14.0. The Bertz CT molecular complexity index is 409. The number of nitrogens with zero attached hydrogens (tertiary/aromatic N) is 1. The van der Waals surface area contributed by atoms with Crippen LogP contribution in [-0.4, -0.2) is 31.1 Å². The van der Waals surface area contributed by atoms with E-state index in [1.165, 1.54) is 18.2 Å². The first kappa shape index (κ1) is 17.3. The van der Waals surface area contributed by atoms with Crippen molar-refractivity contribution in [2.24, 2.45) is 0 Å². The number of nitrogens with one attached hydrogen (secondary N) is 1. The highest BCUT2D eigenvalue weighted by Crippen LogP contribution is 2.29. The molecular weight excluding hydrogens is 282 g/mol. The summed E-state index contributed by atoms with van der Waals surface area (Å²) in [4.78, 5) is 2.27. The fourth-order valence-corrected chi connectivity index (χ4v) is 2.70. The summed E-state index contributed by atoms with van der Waals surface area (Å²) >= 11 is 0. The molecule has 0 aromatic heterocycles. The Hall–Kier alpha value is -0.710. The Morgan fingerprint density at radius 3 is 2.60 bits per heavy atom. The zero-order chi connectivity index (χ0) is 13.7. The standard InChI is InChI=1S/C15H22F2N2.ClH/c1-2-3-4-15(19-9-7-18-8-10-19)13-11-12(16)5-6-14(13)17;/h5-6,11,15,18H,2-4,7-10H2,1H3;1H/t15-;/m0./s1. The molecule has 5 heteroatoms. The molecule has 0 amide bonds. The highest BCUT2D eigenvalue weighted by Gasteiger charge is 2.24. The molecule has 1 atom stereocenters. The Morgan fingerprint density at radius 2 is 1.95 bits per heavy atom. The minimum absolute atomic E-state index is 0. The molecule has 20 heavy (non-hydrogen) atoms. The van der Waals surface area contributed by atoms with E-state index >= 15 is 0 Å². The van der Waals surface area contributed by atoms with Crippen molar-refractivity contribution in [2.75, 3.05) is 26.2 Å². The average molecular weight is 305 g/mol. The summed E-state index contributed by atoms with van der Waals surface area (Å²) in [5, 5.41) is 3.29. The van der Waals surface area contributed by atoms with E-state index in [1.807, 2.05) is 0 Å². The number of benzene rings is 1. The molecule has 114 valence electrons. The van der Waals surface area contributed by atoms with E-state index in [0.29, 0.717) is 5.56 Å². The van der Waals surface area contributed by atoms with Gasteiger partial charge in [-0.2, -0.15) is 0 Å². The molecule has 1 fully saturated rings. The molecule has 1 N–H and O–H groups in total. The third-order valence-electron chi connectivity index (χ3n) is 3.74. The highest BCUT2D eigenvalue weighted by atomic mass is 35.5. The van der Waals surface area contributed by atoms with Crippen LogP contribution in [0.5, 0.6) is 0 Å². The van der Waals surface area contributed by atoms with Crippen LogP contribution in [0.15, 0.2) is 18.2 Å². The van der Waals surface area contributed by atoms with Crippen LogP contribution in [0, 0.1) is 11.6 Å². The van der Waals surface area contributed by atoms with Crippen LogP contribution in [0.1, 0.15) is 37.8 Å². The molecule has 1 aromatic carbocycles. The fourth-order valence-electron chi connectivity index (χ4n) is 2.70. The summed E-state index contributed by atoms with van der Waals surface area (Å²) in [5.41, 5.74) is 0.510. The van der Waals surface area contributed by atoms with E-state index in [1.54, 1.807) is 0 Å². The summed E-state index contributed by atoms with van der Waals surface area (Å²) in [6, 6.07) is 3.79. The second-order valence-electron chi connectivity index (χ2n) is 5.11. The number of halogens is 3. The molecule has 0 saturated carbocycles. The largest absolute Gasteiger partial charge is 0.314 e. The van der Waals surface area contributed by atoms with Gasteiger partial charge in [0.1, 0.15) is 11.6 Å². The summed E-state index contributed by atoms with van der Waals surface area (Å²) in [7, 11) is 0. The summed E-state index contributed by atoms with van der Waals surface area (Å²) in [5.74, 6) is -0.644. The Morgan fingerprint density at radius 1 is 1.25 bits per heavy atom.